The average Bonchev–Trinajstić information content (AvgIpc) is 2.12. The molecule has 1 aromatic carbocycles. The summed E-state index contributed by atoms with van der Waals surface area (Å²) in [6, 6.07) is 2.34. The molecule has 0 amide bonds. The van der Waals surface area contributed by atoms with Crippen molar-refractivity contribution < 1.29 is 19.7 Å². The van der Waals surface area contributed by atoms with Gasteiger partial charge in [-0.3, -0.25) is 0 Å². The fourth-order valence-electron chi connectivity index (χ4n) is 0.851. The monoisotopic (exact) mass is 202 g/mol. The molecule has 1 rings (SSSR count). The Bertz CT molecular complexity index is 348. The van der Waals surface area contributed by atoms with Gasteiger partial charge in [0, 0.05) is 0 Å². The van der Waals surface area contributed by atoms with Crippen LogP contribution in [0.2, 0.25) is 5.02 Å². The summed E-state index contributed by atoms with van der Waals surface area (Å²) in [5.41, 5.74) is -0.232. The fourth-order valence-corrected chi connectivity index (χ4v) is 1.09. The molecule has 1 aromatic rings. The smallest absolute Gasteiger partial charge is 0.343 e. The van der Waals surface area contributed by atoms with Gasteiger partial charge in [0.15, 0.2) is 0 Å². The normalized spacial score (nSPS) is 9.69. The van der Waals surface area contributed by atoms with Crippen LogP contribution >= 0.6 is 11.6 Å². The Morgan fingerprint density at radius 3 is 2.46 bits per heavy atom. The molecule has 0 fully saturated rings. The first kappa shape index (κ1) is 9.67. The molecule has 0 heterocycles. The number of carbonyl (C=O) groups excluding carboxylic acids is 1. The zero-order valence-corrected chi connectivity index (χ0v) is 7.50. The van der Waals surface area contributed by atoms with Crippen molar-refractivity contribution in [2.45, 2.75) is 0 Å². The molecule has 0 aromatic heterocycles. The Morgan fingerprint density at radius 2 is 1.92 bits per heavy atom. The van der Waals surface area contributed by atoms with E-state index in [2.05, 4.69) is 4.74 Å². The molecule has 0 radical (unpaired) electrons. The van der Waals surface area contributed by atoms with E-state index in [1.807, 2.05) is 0 Å². The summed E-state index contributed by atoms with van der Waals surface area (Å²) in [7, 11) is 1.15. The third-order valence-corrected chi connectivity index (χ3v) is 1.87. The number of phenols is 2. The number of halogens is 1. The lowest BCUT2D eigenvalue weighted by molar-refractivity contribution is 0.0597. The predicted molar refractivity (Wildman–Crippen MR) is 46.1 cm³/mol. The molecule has 0 spiro atoms. The zero-order chi connectivity index (χ0) is 10.0. The molecule has 2 N–H and O–H groups in total. The molecule has 0 saturated heterocycles. The average molecular weight is 203 g/mol. The van der Waals surface area contributed by atoms with Gasteiger partial charge in [-0.1, -0.05) is 11.6 Å². The van der Waals surface area contributed by atoms with Crippen molar-refractivity contribution in [1.82, 2.24) is 0 Å². The number of aromatic hydroxyl groups is 2. The zero-order valence-electron chi connectivity index (χ0n) is 6.74. The Balaban J connectivity index is 3.33. The molecule has 4 nitrogen and oxygen atoms in total. The van der Waals surface area contributed by atoms with Gasteiger partial charge in [0.1, 0.15) is 22.1 Å². The molecular weight excluding hydrogens is 196 g/mol. The molecular formula is C8H7ClO4. The topological polar surface area (TPSA) is 66.8 Å². The number of hydrogen-bond acceptors (Lipinski definition) is 4. The number of rotatable bonds is 1. The molecule has 0 aliphatic rings. The number of esters is 1. The SMILES string of the molecule is COC(=O)c1c(O)ccc(O)c1Cl. The summed E-state index contributed by atoms with van der Waals surface area (Å²) in [6.45, 7) is 0. The lowest BCUT2D eigenvalue weighted by atomic mass is 10.2. The van der Waals surface area contributed by atoms with Crippen molar-refractivity contribution in [2.75, 3.05) is 7.11 Å². The van der Waals surface area contributed by atoms with Crippen LogP contribution in [-0.4, -0.2) is 23.3 Å². The van der Waals surface area contributed by atoms with Crippen LogP contribution in [0.1, 0.15) is 10.4 Å². The maximum absolute atomic E-state index is 11.0. The largest absolute Gasteiger partial charge is 0.507 e. The Labute approximate surface area is 79.3 Å². The molecule has 0 saturated carbocycles. The van der Waals surface area contributed by atoms with Gasteiger partial charge in [0.2, 0.25) is 0 Å². The van der Waals surface area contributed by atoms with E-state index >= 15 is 0 Å². The lowest BCUT2D eigenvalue weighted by Gasteiger charge is -2.05. The number of hydrogen-bond donors (Lipinski definition) is 2. The summed E-state index contributed by atoms with van der Waals surface area (Å²) < 4.78 is 4.36. The number of methoxy groups -OCH3 is 1. The number of carbonyl (C=O) groups is 1. The molecule has 0 bridgehead atoms. The maximum atomic E-state index is 11.0. The van der Waals surface area contributed by atoms with Crippen molar-refractivity contribution in [3.8, 4) is 11.5 Å². The Kier molecular flexibility index (Phi) is 2.63. The van der Waals surface area contributed by atoms with Crippen LogP contribution in [0.4, 0.5) is 0 Å². The standard InChI is InChI=1S/C8H7ClO4/c1-13-8(12)6-4(10)2-3-5(11)7(6)9/h2-3,10-11H,1H3. The third kappa shape index (κ3) is 1.67. The van der Waals surface area contributed by atoms with Gasteiger partial charge in [0.05, 0.1) is 7.11 Å². The first-order valence-electron chi connectivity index (χ1n) is 3.36. The minimum atomic E-state index is -0.793. The molecule has 5 heteroatoms. The minimum absolute atomic E-state index is 0.216. The molecule has 13 heavy (non-hydrogen) atoms. The number of phenolic OH excluding ortho intramolecular Hbond substituents is 2. The summed E-state index contributed by atoms with van der Waals surface area (Å²) in [6.07, 6.45) is 0. The van der Waals surface area contributed by atoms with E-state index in [0.717, 1.165) is 13.2 Å². The maximum Gasteiger partial charge on any atom is 0.343 e. The summed E-state index contributed by atoms with van der Waals surface area (Å²) in [5.74, 6) is -1.40. The Hall–Kier alpha value is -1.42. The second kappa shape index (κ2) is 3.53. The lowest BCUT2D eigenvalue weighted by Crippen LogP contribution is -2.02. The highest BCUT2D eigenvalue weighted by atomic mass is 35.5. The van der Waals surface area contributed by atoms with Gasteiger partial charge in [-0.15, -0.1) is 0 Å². The van der Waals surface area contributed by atoms with Gasteiger partial charge >= 0.3 is 5.97 Å². The van der Waals surface area contributed by atoms with Gasteiger partial charge in [0.25, 0.3) is 0 Å². The van der Waals surface area contributed by atoms with E-state index in [-0.39, 0.29) is 22.1 Å². The molecule has 0 aliphatic carbocycles. The minimum Gasteiger partial charge on any atom is -0.507 e. The molecule has 0 atom stereocenters. The van der Waals surface area contributed by atoms with E-state index < -0.39 is 5.97 Å². The van der Waals surface area contributed by atoms with Crippen molar-refractivity contribution in [2.24, 2.45) is 0 Å². The van der Waals surface area contributed by atoms with Gasteiger partial charge in [-0.05, 0) is 12.1 Å². The number of ether oxygens (including phenoxy) is 1. The van der Waals surface area contributed by atoms with Crippen LogP contribution in [-0.2, 0) is 4.74 Å². The predicted octanol–water partition coefficient (Wildman–Crippen LogP) is 1.54. The highest BCUT2D eigenvalue weighted by Gasteiger charge is 2.18. The summed E-state index contributed by atoms with van der Waals surface area (Å²) in [5, 5.41) is 18.1. The van der Waals surface area contributed by atoms with Crippen LogP contribution in [0.15, 0.2) is 12.1 Å². The van der Waals surface area contributed by atoms with Crippen LogP contribution in [0.3, 0.4) is 0 Å². The van der Waals surface area contributed by atoms with E-state index in [9.17, 15) is 9.90 Å². The Morgan fingerprint density at radius 1 is 1.38 bits per heavy atom. The van der Waals surface area contributed by atoms with E-state index in [4.69, 9.17) is 16.7 Å². The van der Waals surface area contributed by atoms with Gasteiger partial charge < -0.3 is 14.9 Å². The first-order valence-corrected chi connectivity index (χ1v) is 3.74. The van der Waals surface area contributed by atoms with Crippen molar-refractivity contribution >= 4 is 17.6 Å². The van der Waals surface area contributed by atoms with Crippen LogP contribution < -0.4 is 0 Å². The van der Waals surface area contributed by atoms with Gasteiger partial charge in [-0.2, -0.15) is 0 Å². The fraction of sp³-hybridized carbons (Fsp3) is 0.125. The van der Waals surface area contributed by atoms with Crippen LogP contribution in [0, 0.1) is 0 Å². The van der Waals surface area contributed by atoms with Crippen LogP contribution in [0.5, 0.6) is 11.5 Å². The second-order valence-electron chi connectivity index (χ2n) is 2.28. The molecule has 0 aliphatic heterocycles. The number of benzene rings is 1. The summed E-state index contributed by atoms with van der Waals surface area (Å²) in [4.78, 5) is 11.0. The third-order valence-electron chi connectivity index (χ3n) is 1.49. The first-order chi connectivity index (χ1) is 6.07. The van der Waals surface area contributed by atoms with Crippen molar-refractivity contribution in [3.05, 3.63) is 22.7 Å². The second-order valence-corrected chi connectivity index (χ2v) is 2.66. The van der Waals surface area contributed by atoms with Crippen LogP contribution in [0.25, 0.3) is 0 Å². The van der Waals surface area contributed by atoms with Crippen molar-refractivity contribution in [3.63, 3.8) is 0 Å². The highest BCUT2D eigenvalue weighted by Crippen LogP contribution is 2.33. The van der Waals surface area contributed by atoms with Gasteiger partial charge in [-0.25, -0.2) is 4.79 Å². The van der Waals surface area contributed by atoms with Crippen molar-refractivity contribution in [1.29, 1.82) is 0 Å². The highest BCUT2D eigenvalue weighted by molar-refractivity contribution is 6.35. The quantitative estimate of drug-likeness (QED) is 0.536. The van der Waals surface area contributed by atoms with E-state index in [0.29, 0.717) is 0 Å². The summed E-state index contributed by atoms with van der Waals surface area (Å²) >= 11 is 5.56. The molecule has 70 valence electrons. The van der Waals surface area contributed by atoms with E-state index in [1.54, 1.807) is 0 Å². The van der Waals surface area contributed by atoms with E-state index in [1.165, 1.54) is 6.07 Å². The molecule has 0 unspecified atom stereocenters.